The summed E-state index contributed by atoms with van der Waals surface area (Å²) in [6, 6.07) is 25.2. The van der Waals surface area contributed by atoms with Crippen LogP contribution in [0.15, 0.2) is 91.1 Å². The number of benzene rings is 3. The minimum atomic E-state index is -0.955. The fourth-order valence-electron chi connectivity index (χ4n) is 3.45. The minimum Gasteiger partial charge on any atom is -0.508 e. The largest absolute Gasteiger partial charge is 0.508 e. The third-order valence-corrected chi connectivity index (χ3v) is 5.11. The lowest BCUT2D eigenvalue weighted by molar-refractivity contribution is -0.137. The molecule has 4 rings (SSSR count). The predicted molar refractivity (Wildman–Crippen MR) is 124 cm³/mol. The second kappa shape index (κ2) is 9.75. The van der Waals surface area contributed by atoms with Gasteiger partial charge in [0.1, 0.15) is 17.6 Å². The van der Waals surface area contributed by atoms with E-state index in [0.29, 0.717) is 30.0 Å². The van der Waals surface area contributed by atoms with Gasteiger partial charge in [0.05, 0.1) is 17.6 Å². The van der Waals surface area contributed by atoms with Crippen LogP contribution in [0.25, 0.3) is 11.3 Å². The molecule has 1 heterocycles. The maximum atomic E-state index is 12.0. The first-order valence-corrected chi connectivity index (χ1v) is 10.3. The second-order valence-electron chi connectivity index (χ2n) is 7.48. The molecule has 0 fully saturated rings. The highest BCUT2D eigenvalue weighted by Crippen LogP contribution is 2.24. The molecular weight excluding hydrogens is 402 g/mol. The number of rotatable bonds is 8. The summed E-state index contributed by atoms with van der Waals surface area (Å²) in [5.41, 5.74) is 4.08. The summed E-state index contributed by atoms with van der Waals surface area (Å²) in [6.07, 6.45) is 2.44. The van der Waals surface area contributed by atoms with E-state index in [9.17, 15) is 15.0 Å². The molecule has 32 heavy (non-hydrogen) atoms. The average Bonchev–Trinajstić information content (AvgIpc) is 2.81. The number of carboxylic acid groups (broad SMARTS) is 1. The molecule has 160 valence electrons. The van der Waals surface area contributed by atoms with Gasteiger partial charge in [0.15, 0.2) is 0 Å². The molecule has 0 aliphatic heterocycles. The van der Waals surface area contributed by atoms with Gasteiger partial charge in [-0.15, -0.1) is 0 Å². The number of carboxylic acids is 1. The van der Waals surface area contributed by atoms with Crippen LogP contribution in [0, 0.1) is 0 Å². The number of aliphatic carboxylic acids is 1. The second-order valence-corrected chi connectivity index (χ2v) is 7.48. The third-order valence-electron chi connectivity index (χ3n) is 5.11. The van der Waals surface area contributed by atoms with E-state index < -0.39 is 12.0 Å². The smallest absolute Gasteiger partial charge is 0.326 e. The molecule has 3 aromatic carbocycles. The van der Waals surface area contributed by atoms with E-state index in [4.69, 9.17) is 4.98 Å². The summed E-state index contributed by atoms with van der Waals surface area (Å²) in [6.45, 7) is 0. The van der Waals surface area contributed by atoms with Crippen LogP contribution in [-0.4, -0.2) is 32.2 Å². The van der Waals surface area contributed by atoms with Crippen LogP contribution in [0.1, 0.15) is 16.8 Å². The molecule has 0 amide bonds. The number of hydrogen-bond donors (Lipinski definition) is 3. The fourth-order valence-corrected chi connectivity index (χ4v) is 3.45. The lowest BCUT2D eigenvalue weighted by atomic mass is 10.1. The Kier molecular flexibility index (Phi) is 6.41. The molecule has 0 aliphatic carbocycles. The first kappa shape index (κ1) is 21.1. The van der Waals surface area contributed by atoms with Crippen molar-refractivity contribution in [1.82, 2.24) is 9.97 Å². The monoisotopic (exact) mass is 425 g/mol. The normalized spacial score (nSPS) is 11.6. The lowest BCUT2D eigenvalue weighted by Crippen LogP contribution is -2.32. The number of aromatic hydroxyl groups is 1. The maximum absolute atomic E-state index is 12.0. The minimum absolute atomic E-state index is 0.176. The molecule has 0 spiro atoms. The quantitative estimate of drug-likeness (QED) is 0.383. The van der Waals surface area contributed by atoms with Gasteiger partial charge in [-0.05, 0) is 35.4 Å². The molecular formula is C26H23N3O3. The van der Waals surface area contributed by atoms with Crippen molar-refractivity contribution in [3.8, 4) is 17.0 Å². The van der Waals surface area contributed by atoms with E-state index >= 15 is 0 Å². The number of hydrogen-bond acceptors (Lipinski definition) is 5. The van der Waals surface area contributed by atoms with Crippen LogP contribution < -0.4 is 5.32 Å². The zero-order valence-corrected chi connectivity index (χ0v) is 17.3. The van der Waals surface area contributed by atoms with Gasteiger partial charge < -0.3 is 15.5 Å². The highest BCUT2D eigenvalue weighted by Gasteiger charge is 2.21. The predicted octanol–water partition coefficient (Wildman–Crippen LogP) is 4.55. The van der Waals surface area contributed by atoms with Crippen molar-refractivity contribution in [3.63, 3.8) is 0 Å². The number of nitrogens with zero attached hydrogens (tertiary/aromatic N) is 2. The first-order valence-electron chi connectivity index (χ1n) is 10.3. The zero-order chi connectivity index (χ0) is 22.3. The number of aromatic nitrogens is 2. The SMILES string of the molecule is O=C(O)[C@H](Cc1ccccc1)Nc1ncc(-c2ccc(O)cc2)nc1Cc1ccccc1. The molecule has 0 saturated heterocycles. The molecule has 0 saturated carbocycles. The number of anilines is 1. The summed E-state index contributed by atoms with van der Waals surface area (Å²) < 4.78 is 0. The Morgan fingerprint density at radius 1 is 0.875 bits per heavy atom. The molecule has 0 aliphatic rings. The Morgan fingerprint density at radius 2 is 1.50 bits per heavy atom. The van der Waals surface area contributed by atoms with Crippen molar-refractivity contribution in [1.29, 1.82) is 0 Å². The molecule has 0 unspecified atom stereocenters. The van der Waals surface area contributed by atoms with E-state index in [-0.39, 0.29) is 5.75 Å². The van der Waals surface area contributed by atoms with Crippen molar-refractivity contribution in [3.05, 3.63) is 108 Å². The van der Waals surface area contributed by atoms with Gasteiger partial charge in [0.2, 0.25) is 0 Å². The Balaban J connectivity index is 1.67. The van der Waals surface area contributed by atoms with Gasteiger partial charge in [0.25, 0.3) is 0 Å². The number of phenolic OH excluding ortho intramolecular Hbond substituents is 1. The van der Waals surface area contributed by atoms with Gasteiger partial charge in [0, 0.05) is 18.4 Å². The Labute approximate surface area is 186 Å². The van der Waals surface area contributed by atoms with Crippen molar-refractivity contribution in [2.75, 3.05) is 5.32 Å². The van der Waals surface area contributed by atoms with Crippen LogP contribution in [0.2, 0.25) is 0 Å². The topological polar surface area (TPSA) is 95.3 Å². The fraction of sp³-hybridized carbons (Fsp3) is 0.115. The summed E-state index contributed by atoms with van der Waals surface area (Å²) in [5, 5.41) is 22.5. The molecule has 1 atom stereocenters. The molecule has 6 nitrogen and oxygen atoms in total. The third kappa shape index (κ3) is 5.29. The molecule has 6 heteroatoms. The van der Waals surface area contributed by atoms with Crippen LogP contribution in [0.3, 0.4) is 0 Å². The lowest BCUT2D eigenvalue weighted by Gasteiger charge is -2.18. The Morgan fingerprint density at radius 3 is 2.12 bits per heavy atom. The number of phenols is 1. The molecule has 3 N–H and O–H groups in total. The van der Waals surface area contributed by atoms with Crippen LogP contribution in [0.4, 0.5) is 5.82 Å². The van der Waals surface area contributed by atoms with Crippen molar-refractivity contribution in [2.45, 2.75) is 18.9 Å². The average molecular weight is 425 g/mol. The highest BCUT2D eigenvalue weighted by atomic mass is 16.4. The van der Waals surface area contributed by atoms with Gasteiger partial charge in [-0.1, -0.05) is 60.7 Å². The molecule has 1 aromatic heterocycles. The molecule has 0 radical (unpaired) electrons. The van der Waals surface area contributed by atoms with E-state index in [0.717, 1.165) is 16.7 Å². The van der Waals surface area contributed by atoms with Gasteiger partial charge in [-0.3, -0.25) is 0 Å². The van der Waals surface area contributed by atoms with Crippen LogP contribution >= 0.6 is 0 Å². The van der Waals surface area contributed by atoms with E-state index in [1.807, 2.05) is 60.7 Å². The standard InChI is InChI=1S/C26H23N3O3/c30-21-13-11-20(12-14-21)24-17-27-25(22(28-24)15-18-7-3-1-4-8-18)29-23(26(31)32)16-19-9-5-2-6-10-19/h1-14,17,23,30H,15-16H2,(H,27,29)(H,31,32)/t23-/m0/s1. The van der Waals surface area contributed by atoms with Gasteiger partial charge in [-0.25, -0.2) is 14.8 Å². The summed E-state index contributed by atoms with van der Waals surface area (Å²) in [5.74, 6) is -0.335. The van der Waals surface area contributed by atoms with Gasteiger partial charge >= 0.3 is 5.97 Å². The van der Waals surface area contributed by atoms with Crippen molar-refractivity contribution >= 4 is 11.8 Å². The summed E-state index contributed by atoms with van der Waals surface area (Å²) in [7, 11) is 0. The van der Waals surface area contributed by atoms with Crippen molar-refractivity contribution in [2.24, 2.45) is 0 Å². The number of carbonyl (C=O) groups is 1. The van der Waals surface area contributed by atoms with E-state index in [1.165, 1.54) is 0 Å². The van der Waals surface area contributed by atoms with Crippen molar-refractivity contribution < 1.29 is 15.0 Å². The first-order chi connectivity index (χ1) is 15.6. The molecule has 0 bridgehead atoms. The zero-order valence-electron chi connectivity index (χ0n) is 17.3. The van der Waals surface area contributed by atoms with E-state index in [1.54, 1.807) is 30.5 Å². The highest BCUT2D eigenvalue weighted by molar-refractivity contribution is 5.77. The van der Waals surface area contributed by atoms with Crippen LogP contribution in [0.5, 0.6) is 5.75 Å². The van der Waals surface area contributed by atoms with Gasteiger partial charge in [-0.2, -0.15) is 0 Å². The Bertz CT molecular complexity index is 1180. The molecule has 4 aromatic rings. The Hall–Kier alpha value is -4.19. The summed E-state index contributed by atoms with van der Waals surface area (Å²) >= 11 is 0. The van der Waals surface area contributed by atoms with E-state index in [2.05, 4.69) is 10.3 Å². The summed E-state index contributed by atoms with van der Waals surface area (Å²) in [4.78, 5) is 21.3. The number of nitrogens with one attached hydrogen (secondary N) is 1. The van der Waals surface area contributed by atoms with Crippen LogP contribution in [-0.2, 0) is 17.6 Å². The maximum Gasteiger partial charge on any atom is 0.326 e.